The lowest BCUT2D eigenvalue weighted by Crippen LogP contribution is -2.29. The molecule has 0 aliphatic rings. The summed E-state index contributed by atoms with van der Waals surface area (Å²) in [5.74, 6) is -0.640. The van der Waals surface area contributed by atoms with Gasteiger partial charge in [-0.2, -0.15) is 0 Å². The highest BCUT2D eigenvalue weighted by Gasteiger charge is 2.08. The Balaban J connectivity index is 2.52. The van der Waals surface area contributed by atoms with E-state index in [1.165, 1.54) is 25.2 Å². The predicted molar refractivity (Wildman–Crippen MR) is 63.5 cm³/mol. The van der Waals surface area contributed by atoms with E-state index in [9.17, 15) is 14.7 Å². The second-order valence-corrected chi connectivity index (χ2v) is 3.45. The van der Waals surface area contributed by atoms with E-state index < -0.39 is 0 Å². The normalized spacial score (nSPS) is 9.71. The van der Waals surface area contributed by atoms with Gasteiger partial charge >= 0.3 is 0 Å². The van der Waals surface area contributed by atoms with Crippen molar-refractivity contribution in [3.05, 3.63) is 23.8 Å². The summed E-state index contributed by atoms with van der Waals surface area (Å²) in [6.45, 7) is 0.240. The molecule has 0 atom stereocenters. The Morgan fingerprint density at radius 3 is 2.71 bits per heavy atom. The van der Waals surface area contributed by atoms with Gasteiger partial charge in [-0.05, 0) is 18.2 Å². The highest BCUT2D eigenvalue weighted by molar-refractivity contribution is 5.95. The minimum absolute atomic E-state index is 0.135. The standard InChI is InChI=1S/C11H15N3O3/c1-13-10(16)4-5-14-11(17)7-2-3-8(12)9(15)6-7/h2-3,6,15H,4-5,12H2,1H3,(H,13,16)(H,14,17). The molecule has 6 nitrogen and oxygen atoms in total. The molecule has 0 saturated carbocycles. The van der Waals surface area contributed by atoms with Crippen molar-refractivity contribution in [2.45, 2.75) is 6.42 Å². The zero-order valence-corrected chi connectivity index (χ0v) is 9.49. The van der Waals surface area contributed by atoms with Gasteiger partial charge in [-0.3, -0.25) is 9.59 Å². The summed E-state index contributed by atoms with van der Waals surface area (Å²) in [4.78, 5) is 22.5. The lowest BCUT2D eigenvalue weighted by atomic mass is 10.2. The molecule has 0 spiro atoms. The molecule has 0 aliphatic heterocycles. The van der Waals surface area contributed by atoms with Crippen molar-refractivity contribution in [3.63, 3.8) is 0 Å². The lowest BCUT2D eigenvalue weighted by Gasteiger charge is -2.06. The van der Waals surface area contributed by atoms with Gasteiger partial charge in [0.2, 0.25) is 5.91 Å². The molecule has 1 aromatic rings. The summed E-state index contributed by atoms with van der Waals surface area (Å²) in [5.41, 5.74) is 5.93. The van der Waals surface area contributed by atoms with E-state index in [4.69, 9.17) is 5.73 Å². The van der Waals surface area contributed by atoms with Gasteiger partial charge in [-0.15, -0.1) is 0 Å². The van der Waals surface area contributed by atoms with Crippen LogP contribution >= 0.6 is 0 Å². The Morgan fingerprint density at radius 1 is 1.41 bits per heavy atom. The highest BCUT2D eigenvalue weighted by Crippen LogP contribution is 2.20. The average Bonchev–Trinajstić information content (AvgIpc) is 2.32. The molecular weight excluding hydrogens is 222 g/mol. The SMILES string of the molecule is CNC(=O)CCNC(=O)c1ccc(N)c(O)c1. The van der Waals surface area contributed by atoms with E-state index in [0.29, 0.717) is 5.56 Å². The number of rotatable bonds is 4. The topological polar surface area (TPSA) is 104 Å². The number of carbonyl (C=O) groups is 2. The average molecular weight is 237 g/mol. The summed E-state index contributed by atoms with van der Waals surface area (Å²) >= 11 is 0. The number of phenols is 1. The van der Waals surface area contributed by atoms with Crippen LogP contribution in [0.4, 0.5) is 5.69 Å². The Morgan fingerprint density at radius 2 is 2.12 bits per heavy atom. The molecule has 17 heavy (non-hydrogen) atoms. The summed E-state index contributed by atoms with van der Waals surface area (Å²) in [6, 6.07) is 4.23. The van der Waals surface area contributed by atoms with Gasteiger partial charge in [0.15, 0.2) is 0 Å². The van der Waals surface area contributed by atoms with Crippen LogP contribution in [0.1, 0.15) is 16.8 Å². The van der Waals surface area contributed by atoms with Crippen LogP contribution in [0.15, 0.2) is 18.2 Å². The second kappa shape index (κ2) is 5.74. The number of anilines is 1. The molecule has 0 fully saturated rings. The molecule has 6 heteroatoms. The van der Waals surface area contributed by atoms with E-state index >= 15 is 0 Å². The molecule has 1 aromatic carbocycles. The first-order valence-corrected chi connectivity index (χ1v) is 5.12. The van der Waals surface area contributed by atoms with Crippen LogP contribution in [-0.4, -0.2) is 30.5 Å². The van der Waals surface area contributed by atoms with Crippen LogP contribution in [-0.2, 0) is 4.79 Å². The van der Waals surface area contributed by atoms with Crippen LogP contribution in [0.5, 0.6) is 5.75 Å². The number of aromatic hydroxyl groups is 1. The smallest absolute Gasteiger partial charge is 0.251 e. The van der Waals surface area contributed by atoms with E-state index in [1.54, 1.807) is 0 Å². The predicted octanol–water partition coefficient (Wildman–Crippen LogP) is -0.160. The van der Waals surface area contributed by atoms with E-state index in [1.807, 2.05) is 0 Å². The zero-order valence-electron chi connectivity index (χ0n) is 9.49. The first-order chi connectivity index (χ1) is 8.04. The first-order valence-electron chi connectivity index (χ1n) is 5.12. The van der Waals surface area contributed by atoms with Gasteiger partial charge in [0.05, 0.1) is 5.69 Å². The third-order valence-corrected chi connectivity index (χ3v) is 2.21. The van der Waals surface area contributed by atoms with Crippen molar-refractivity contribution in [1.29, 1.82) is 0 Å². The van der Waals surface area contributed by atoms with Crippen molar-refractivity contribution in [1.82, 2.24) is 10.6 Å². The monoisotopic (exact) mass is 237 g/mol. The van der Waals surface area contributed by atoms with E-state index in [0.717, 1.165) is 0 Å². The van der Waals surface area contributed by atoms with Crippen LogP contribution in [0, 0.1) is 0 Å². The number of benzene rings is 1. The van der Waals surface area contributed by atoms with Crippen molar-refractivity contribution in [2.24, 2.45) is 0 Å². The van der Waals surface area contributed by atoms with Gasteiger partial charge in [-0.25, -0.2) is 0 Å². The largest absolute Gasteiger partial charge is 0.506 e. The Labute approximate surface area is 98.8 Å². The molecule has 2 amide bonds. The third-order valence-electron chi connectivity index (χ3n) is 2.21. The second-order valence-electron chi connectivity index (χ2n) is 3.45. The molecular formula is C11H15N3O3. The Hall–Kier alpha value is -2.24. The van der Waals surface area contributed by atoms with Gasteiger partial charge < -0.3 is 21.5 Å². The minimum Gasteiger partial charge on any atom is -0.506 e. The summed E-state index contributed by atoms with van der Waals surface area (Å²) in [5, 5.41) is 14.3. The number of phenolic OH excluding ortho intramolecular Hbond substituents is 1. The van der Waals surface area contributed by atoms with E-state index in [2.05, 4.69) is 10.6 Å². The van der Waals surface area contributed by atoms with Crippen molar-refractivity contribution < 1.29 is 14.7 Å². The fourth-order valence-electron chi connectivity index (χ4n) is 1.20. The fourth-order valence-corrected chi connectivity index (χ4v) is 1.20. The lowest BCUT2D eigenvalue weighted by molar-refractivity contribution is -0.120. The van der Waals surface area contributed by atoms with Crippen LogP contribution in [0.25, 0.3) is 0 Å². The molecule has 0 saturated heterocycles. The maximum Gasteiger partial charge on any atom is 0.251 e. The number of carbonyl (C=O) groups excluding carboxylic acids is 2. The molecule has 5 N–H and O–H groups in total. The van der Waals surface area contributed by atoms with Crippen molar-refractivity contribution >= 4 is 17.5 Å². The number of amides is 2. The maximum atomic E-state index is 11.6. The van der Waals surface area contributed by atoms with Crippen LogP contribution < -0.4 is 16.4 Å². The Kier molecular flexibility index (Phi) is 4.33. The van der Waals surface area contributed by atoms with Crippen LogP contribution in [0.3, 0.4) is 0 Å². The maximum absolute atomic E-state index is 11.6. The molecule has 0 heterocycles. The van der Waals surface area contributed by atoms with Gasteiger partial charge in [0, 0.05) is 25.6 Å². The fraction of sp³-hybridized carbons (Fsp3) is 0.273. The van der Waals surface area contributed by atoms with E-state index in [-0.39, 0.29) is 36.2 Å². The highest BCUT2D eigenvalue weighted by atomic mass is 16.3. The van der Waals surface area contributed by atoms with Gasteiger partial charge in [0.1, 0.15) is 5.75 Å². The van der Waals surface area contributed by atoms with Crippen molar-refractivity contribution in [3.8, 4) is 5.75 Å². The molecule has 0 aliphatic carbocycles. The quantitative estimate of drug-likeness (QED) is 0.431. The molecule has 0 radical (unpaired) electrons. The molecule has 0 bridgehead atoms. The number of nitrogens with one attached hydrogen (secondary N) is 2. The number of hydrogen-bond acceptors (Lipinski definition) is 4. The van der Waals surface area contributed by atoms with Crippen LogP contribution in [0.2, 0.25) is 0 Å². The summed E-state index contributed by atoms with van der Waals surface area (Å²) in [6.07, 6.45) is 0.212. The summed E-state index contributed by atoms with van der Waals surface area (Å²) < 4.78 is 0. The van der Waals surface area contributed by atoms with Crippen molar-refractivity contribution in [2.75, 3.05) is 19.3 Å². The summed E-state index contributed by atoms with van der Waals surface area (Å²) in [7, 11) is 1.53. The number of nitrogen functional groups attached to an aromatic ring is 1. The third kappa shape index (κ3) is 3.67. The zero-order chi connectivity index (χ0) is 12.8. The molecule has 0 unspecified atom stereocenters. The number of hydrogen-bond donors (Lipinski definition) is 4. The van der Waals surface area contributed by atoms with Gasteiger partial charge in [0.25, 0.3) is 5.91 Å². The number of nitrogens with two attached hydrogens (primary N) is 1. The first kappa shape index (κ1) is 12.8. The Bertz CT molecular complexity index is 432. The molecule has 92 valence electrons. The minimum atomic E-state index is -0.357. The molecule has 0 aromatic heterocycles. The van der Waals surface area contributed by atoms with Gasteiger partial charge in [-0.1, -0.05) is 0 Å². The molecule has 1 rings (SSSR count).